The molecule has 1 aromatic rings. The Labute approximate surface area is 266 Å². The predicted octanol–water partition coefficient (Wildman–Crippen LogP) is 13.6. The van der Waals surface area contributed by atoms with Gasteiger partial charge in [-0.3, -0.25) is 0 Å². The first-order valence-electron chi connectivity index (χ1n) is 19.8. The van der Waals surface area contributed by atoms with Crippen molar-refractivity contribution in [1.29, 1.82) is 0 Å². The van der Waals surface area contributed by atoms with Crippen molar-refractivity contribution >= 4 is 0 Å². The molecule has 0 bridgehead atoms. The number of hydrogen-bond acceptors (Lipinski definition) is 0. The SMILES string of the molecule is CCCCCCCCCCCCCCCCCC[n+]1ccn(C(C)C)c1CCCCCCCCCCCCCCCC. The average molecular weight is 588 g/mol. The van der Waals surface area contributed by atoms with Crippen LogP contribution in [0.5, 0.6) is 0 Å². The lowest BCUT2D eigenvalue weighted by Gasteiger charge is -2.08. The smallest absolute Gasteiger partial charge is 0.234 e. The second-order valence-electron chi connectivity index (χ2n) is 14.1. The summed E-state index contributed by atoms with van der Waals surface area (Å²) >= 11 is 0. The molecule has 0 radical (unpaired) electrons. The maximum absolute atomic E-state index is 2.59. The third-order valence-electron chi connectivity index (χ3n) is 9.60. The summed E-state index contributed by atoms with van der Waals surface area (Å²) in [5.74, 6) is 1.57. The van der Waals surface area contributed by atoms with Crippen molar-refractivity contribution in [1.82, 2.24) is 4.57 Å². The first kappa shape index (κ1) is 39.2. The van der Waals surface area contributed by atoms with Crippen molar-refractivity contribution in [3.63, 3.8) is 0 Å². The van der Waals surface area contributed by atoms with E-state index in [-0.39, 0.29) is 0 Å². The van der Waals surface area contributed by atoms with Gasteiger partial charge in [-0.25, -0.2) is 9.13 Å². The lowest BCUT2D eigenvalue weighted by Crippen LogP contribution is -2.37. The van der Waals surface area contributed by atoms with E-state index in [4.69, 9.17) is 0 Å². The van der Waals surface area contributed by atoms with E-state index >= 15 is 0 Å². The van der Waals surface area contributed by atoms with Crippen LogP contribution in [0.3, 0.4) is 0 Å². The fourth-order valence-corrected chi connectivity index (χ4v) is 6.73. The molecule has 0 aliphatic heterocycles. The Hall–Kier alpha value is -0.790. The Kier molecular flexibility index (Phi) is 28.3. The van der Waals surface area contributed by atoms with Crippen molar-refractivity contribution in [2.75, 3.05) is 0 Å². The largest absolute Gasteiger partial charge is 0.256 e. The monoisotopic (exact) mass is 588 g/mol. The molecule has 0 amide bonds. The normalized spacial score (nSPS) is 11.7. The average Bonchev–Trinajstić information content (AvgIpc) is 3.40. The highest BCUT2D eigenvalue weighted by Crippen LogP contribution is 2.16. The van der Waals surface area contributed by atoms with Gasteiger partial charge in [-0.1, -0.05) is 187 Å². The van der Waals surface area contributed by atoms with Gasteiger partial charge in [-0.2, -0.15) is 0 Å². The molecule has 248 valence electrons. The molecule has 0 aliphatic rings. The van der Waals surface area contributed by atoms with Gasteiger partial charge in [-0.15, -0.1) is 0 Å². The Morgan fingerprint density at radius 3 is 1.10 bits per heavy atom. The standard InChI is InChI=1S/C40H79N2/c1-5-7-9-11-13-15-17-19-21-22-24-26-28-30-32-34-36-41-37-38-42(39(3)4)40(41)35-33-31-29-27-25-23-20-18-16-14-12-10-8-6-2/h37-39H,5-36H2,1-4H3/q+1. The summed E-state index contributed by atoms with van der Waals surface area (Å²) in [5, 5.41) is 0. The first-order valence-corrected chi connectivity index (χ1v) is 19.8. The summed E-state index contributed by atoms with van der Waals surface area (Å²) < 4.78 is 5.13. The quantitative estimate of drug-likeness (QED) is 0.0571. The minimum absolute atomic E-state index is 0.568. The van der Waals surface area contributed by atoms with Crippen molar-refractivity contribution in [3.8, 4) is 0 Å². The van der Waals surface area contributed by atoms with Gasteiger partial charge in [0.15, 0.2) is 0 Å². The number of nitrogens with zero attached hydrogens (tertiary/aromatic N) is 2. The first-order chi connectivity index (χ1) is 20.7. The molecule has 0 atom stereocenters. The van der Waals surface area contributed by atoms with Crippen LogP contribution in [0.1, 0.15) is 232 Å². The van der Waals surface area contributed by atoms with Crippen LogP contribution in [0.4, 0.5) is 0 Å². The molecule has 2 nitrogen and oxygen atoms in total. The Balaban J connectivity index is 2.02. The summed E-state index contributed by atoms with van der Waals surface area (Å²) in [6, 6.07) is 0.568. The number of aromatic nitrogens is 2. The molecule has 0 saturated carbocycles. The van der Waals surface area contributed by atoms with Crippen LogP contribution in [0.25, 0.3) is 0 Å². The van der Waals surface area contributed by atoms with E-state index in [1.54, 1.807) is 5.82 Å². The predicted molar refractivity (Wildman–Crippen MR) is 189 cm³/mol. The van der Waals surface area contributed by atoms with Crippen LogP contribution in [-0.4, -0.2) is 4.57 Å². The second-order valence-corrected chi connectivity index (χ2v) is 14.1. The molecule has 0 aromatic carbocycles. The molecular formula is C40H79N2+. The van der Waals surface area contributed by atoms with Gasteiger partial charge in [0.1, 0.15) is 12.4 Å². The van der Waals surface area contributed by atoms with Gasteiger partial charge in [0.25, 0.3) is 5.82 Å². The van der Waals surface area contributed by atoms with Crippen molar-refractivity contribution < 1.29 is 4.57 Å². The number of aryl methyl sites for hydroxylation is 1. The molecule has 0 fully saturated rings. The number of imidazole rings is 1. The molecule has 1 heterocycles. The van der Waals surface area contributed by atoms with Crippen LogP contribution in [0, 0.1) is 0 Å². The van der Waals surface area contributed by atoms with E-state index in [0.29, 0.717) is 6.04 Å². The minimum atomic E-state index is 0.568. The van der Waals surface area contributed by atoms with Crippen LogP contribution < -0.4 is 4.57 Å². The molecular weight excluding hydrogens is 508 g/mol. The summed E-state index contributed by atoms with van der Waals surface area (Å²) in [4.78, 5) is 0. The Morgan fingerprint density at radius 2 is 0.762 bits per heavy atom. The van der Waals surface area contributed by atoms with E-state index in [1.807, 2.05) is 0 Å². The van der Waals surface area contributed by atoms with E-state index in [9.17, 15) is 0 Å². The van der Waals surface area contributed by atoms with E-state index < -0.39 is 0 Å². The fourth-order valence-electron chi connectivity index (χ4n) is 6.73. The fraction of sp³-hybridized carbons (Fsp3) is 0.925. The second kappa shape index (κ2) is 30.2. The summed E-state index contributed by atoms with van der Waals surface area (Å²) in [6.45, 7) is 10.5. The summed E-state index contributed by atoms with van der Waals surface area (Å²) in [7, 11) is 0. The lowest BCUT2D eigenvalue weighted by molar-refractivity contribution is -0.704. The lowest BCUT2D eigenvalue weighted by atomic mass is 10.0. The van der Waals surface area contributed by atoms with Gasteiger partial charge in [0, 0.05) is 6.42 Å². The number of hydrogen-bond donors (Lipinski definition) is 0. The Bertz CT molecular complexity index is 661. The zero-order chi connectivity index (χ0) is 30.4. The zero-order valence-corrected chi connectivity index (χ0v) is 29.8. The van der Waals surface area contributed by atoms with Crippen molar-refractivity contribution in [2.24, 2.45) is 0 Å². The van der Waals surface area contributed by atoms with Gasteiger partial charge in [-0.05, 0) is 33.1 Å². The Morgan fingerprint density at radius 1 is 0.452 bits per heavy atom. The van der Waals surface area contributed by atoms with E-state index in [0.717, 1.165) is 0 Å². The van der Waals surface area contributed by atoms with Gasteiger partial charge in [0.05, 0.1) is 12.6 Å². The van der Waals surface area contributed by atoms with Gasteiger partial charge < -0.3 is 0 Å². The third-order valence-corrected chi connectivity index (χ3v) is 9.60. The van der Waals surface area contributed by atoms with Gasteiger partial charge in [0.2, 0.25) is 0 Å². The minimum Gasteiger partial charge on any atom is -0.234 e. The van der Waals surface area contributed by atoms with Crippen molar-refractivity contribution in [2.45, 2.75) is 239 Å². The topological polar surface area (TPSA) is 8.81 Å². The maximum atomic E-state index is 2.59. The van der Waals surface area contributed by atoms with Crippen LogP contribution in [-0.2, 0) is 13.0 Å². The van der Waals surface area contributed by atoms with Crippen LogP contribution >= 0.6 is 0 Å². The van der Waals surface area contributed by atoms with Crippen molar-refractivity contribution in [3.05, 3.63) is 18.2 Å². The highest BCUT2D eigenvalue weighted by Gasteiger charge is 2.18. The molecule has 1 aromatic heterocycles. The van der Waals surface area contributed by atoms with E-state index in [1.165, 1.54) is 206 Å². The molecule has 42 heavy (non-hydrogen) atoms. The molecule has 0 saturated heterocycles. The summed E-state index contributed by atoms with van der Waals surface area (Å²) in [5.41, 5.74) is 0. The highest BCUT2D eigenvalue weighted by molar-refractivity contribution is 4.86. The van der Waals surface area contributed by atoms with Gasteiger partial charge >= 0.3 is 0 Å². The number of rotatable bonds is 33. The van der Waals surface area contributed by atoms with Crippen LogP contribution in [0.2, 0.25) is 0 Å². The third kappa shape index (κ3) is 22.7. The maximum Gasteiger partial charge on any atom is 0.256 e. The molecule has 1 rings (SSSR count). The van der Waals surface area contributed by atoms with E-state index in [2.05, 4.69) is 49.2 Å². The molecule has 0 spiro atoms. The molecule has 0 N–H and O–H groups in total. The molecule has 0 unspecified atom stereocenters. The summed E-state index contributed by atoms with van der Waals surface area (Å²) in [6.07, 6.45) is 49.2. The number of unbranched alkanes of at least 4 members (excludes halogenated alkanes) is 28. The molecule has 2 heteroatoms. The van der Waals surface area contributed by atoms with Crippen LogP contribution in [0.15, 0.2) is 12.4 Å². The molecule has 0 aliphatic carbocycles. The zero-order valence-electron chi connectivity index (χ0n) is 29.8. The highest BCUT2D eigenvalue weighted by atomic mass is 15.2.